The summed E-state index contributed by atoms with van der Waals surface area (Å²) in [6.07, 6.45) is 0. The number of nitrogens with one attached hydrogen (secondary N) is 1. The summed E-state index contributed by atoms with van der Waals surface area (Å²) in [5, 5.41) is 10.8. The van der Waals surface area contributed by atoms with E-state index in [1.54, 1.807) is 12.1 Å². The van der Waals surface area contributed by atoms with Gasteiger partial charge in [-0.15, -0.1) is 0 Å². The number of ether oxygens (including phenoxy) is 1. The Morgan fingerprint density at radius 1 is 1.21 bits per heavy atom. The smallest absolute Gasteiger partial charge is 0.293 e. The molecule has 0 saturated carbocycles. The van der Waals surface area contributed by atoms with Crippen LogP contribution in [-0.4, -0.2) is 4.92 Å². The zero-order chi connectivity index (χ0) is 13.7. The summed E-state index contributed by atoms with van der Waals surface area (Å²) in [4.78, 5) is 10.3. The van der Waals surface area contributed by atoms with Crippen LogP contribution in [0.3, 0.4) is 0 Å². The van der Waals surface area contributed by atoms with Crippen LogP contribution in [0.25, 0.3) is 0 Å². The summed E-state index contributed by atoms with van der Waals surface area (Å²) in [6.45, 7) is 0.316. The molecule has 98 valence electrons. The third-order valence-corrected chi connectivity index (χ3v) is 2.56. The van der Waals surface area contributed by atoms with Gasteiger partial charge in [-0.1, -0.05) is 18.2 Å². The third-order valence-electron chi connectivity index (χ3n) is 2.56. The number of hydrogen-bond acceptors (Lipinski definition) is 5. The fourth-order valence-corrected chi connectivity index (χ4v) is 1.63. The van der Waals surface area contributed by atoms with Crippen molar-refractivity contribution in [1.82, 2.24) is 0 Å². The van der Waals surface area contributed by atoms with Crippen molar-refractivity contribution in [2.75, 3.05) is 5.43 Å². The first-order chi connectivity index (χ1) is 9.20. The topological polar surface area (TPSA) is 90.4 Å². The summed E-state index contributed by atoms with van der Waals surface area (Å²) in [5.74, 6) is 6.01. The van der Waals surface area contributed by atoms with Crippen LogP contribution in [0.1, 0.15) is 5.56 Å². The molecule has 6 nitrogen and oxygen atoms in total. The lowest BCUT2D eigenvalue weighted by Crippen LogP contribution is -2.09. The zero-order valence-corrected chi connectivity index (χ0v) is 10.1. The number of rotatable bonds is 5. The van der Waals surface area contributed by atoms with E-state index in [1.807, 2.05) is 30.3 Å². The molecule has 0 heterocycles. The minimum Gasteiger partial charge on any atom is -0.489 e. The van der Waals surface area contributed by atoms with Gasteiger partial charge in [-0.25, -0.2) is 0 Å². The van der Waals surface area contributed by atoms with Crippen LogP contribution in [0.4, 0.5) is 11.4 Å². The molecular formula is C13H13N3O3. The van der Waals surface area contributed by atoms with Crippen molar-refractivity contribution in [2.45, 2.75) is 6.61 Å². The van der Waals surface area contributed by atoms with Crippen LogP contribution < -0.4 is 16.0 Å². The highest BCUT2D eigenvalue weighted by atomic mass is 16.6. The van der Waals surface area contributed by atoms with E-state index in [0.29, 0.717) is 6.61 Å². The second kappa shape index (κ2) is 5.83. The predicted octanol–water partition coefficient (Wildman–Crippen LogP) is 2.46. The Morgan fingerprint density at radius 2 is 1.95 bits per heavy atom. The van der Waals surface area contributed by atoms with E-state index in [9.17, 15) is 10.1 Å². The first-order valence-corrected chi connectivity index (χ1v) is 5.62. The Kier molecular flexibility index (Phi) is 3.94. The Hall–Kier alpha value is -2.60. The molecule has 2 aromatic carbocycles. The average molecular weight is 259 g/mol. The quantitative estimate of drug-likeness (QED) is 0.489. The summed E-state index contributed by atoms with van der Waals surface area (Å²) in [7, 11) is 0. The number of anilines is 1. The summed E-state index contributed by atoms with van der Waals surface area (Å²) < 4.78 is 5.55. The van der Waals surface area contributed by atoms with E-state index >= 15 is 0 Å². The maximum Gasteiger partial charge on any atom is 0.293 e. The van der Waals surface area contributed by atoms with Gasteiger partial charge in [0.25, 0.3) is 5.69 Å². The van der Waals surface area contributed by atoms with Crippen molar-refractivity contribution in [3.63, 3.8) is 0 Å². The fourth-order valence-electron chi connectivity index (χ4n) is 1.63. The highest BCUT2D eigenvalue weighted by molar-refractivity contribution is 5.62. The van der Waals surface area contributed by atoms with Crippen molar-refractivity contribution in [3.8, 4) is 5.75 Å². The van der Waals surface area contributed by atoms with Crippen molar-refractivity contribution < 1.29 is 9.66 Å². The molecule has 0 aliphatic carbocycles. The second-order valence-corrected chi connectivity index (χ2v) is 3.85. The third kappa shape index (κ3) is 3.20. The molecule has 2 aromatic rings. The van der Waals surface area contributed by atoms with Gasteiger partial charge in [0.1, 0.15) is 18.0 Å². The highest BCUT2D eigenvalue weighted by Gasteiger charge is 2.13. The lowest BCUT2D eigenvalue weighted by molar-refractivity contribution is -0.384. The van der Waals surface area contributed by atoms with E-state index in [2.05, 4.69) is 5.43 Å². The van der Waals surface area contributed by atoms with Gasteiger partial charge in [-0.3, -0.25) is 16.0 Å². The largest absolute Gasteiger partial charge is 0.489 e. The molecule has 0 amide bonds. The molecule has 0 radical (unpaired) electrons. The van der Waals surface area contributed by atoms with Gasteiger partial charge in [-0.2, -0.15) is 0 Å². The monoisotopic (exact) mass is 259 g/mol. The van der Waals surface area contributed by atoms with Gasteiger partial charge in [0.05, 0.1) is 4.92 Å². The molecule has 6 heteroatoms. The van der Waals surface area contributed by atoms with Gasteiger partial charge >= 0.3 is 0 Å². The van der Waals surface area contributed by atoms with Crippen molar-refractivity contribution in [3.05, 3.63) is 64.2 Å². The van der Waals surface area contributed by atoms with E-state index in [-0.39, 0.29) is 11.4 Å². The molecule has 0 aliphatic heterocycles. The number of nitrogens with zero attached hydrogens (tertiary/aromatic N) is 1. The van der Waals surface area contributed by atoms with Crippen LogP contribution in [-0.2, 0) is 6.61 Å². The maximum absolute atomic E-state index is 10.8. The lowest BCUT2D eigenvalue weighted by atomic mass is 10.2. The number of hydrogen-bond donors (Lipinski definition) is 2. The van der Waals surface area contributed by atoms with Crippen LogP contribution in [0.5, 0.6) is 5.75 Å². The number of hydrazine groups is 1. The van der Waals surface area contributed by atoms with E-state index < -0.39 is 4.92 Å². The van der Waals surface area contributed by atoms with Gasteiger partial charge in [0.15, 0.2) is 0 Å². The minimum atomic E-state index is -0.489. The Morgan fingerprint density at radius 3 is 2.58 bits per heavy atom. The molecule has 0 fully saturated rings. The van der Waals surface area contributed by atoms with Crippen molar-refractivity contribution >= 4 is 11.4 Å². The Labute approximate surface area is 109 Å². The van der Waals surface area contributed by atoms with Crippen LogP contribution in [0.2, 0.25) is 0 Å². The summed E-state index contributed by atoms with van der Waals surface area (Å²) in [6, 6.07) is 14.0. The molecule has 3 N–H and O–H groups in total. The number of para-hydroxylation sites is 1. The van der Waals surface area contributed by atoms with Gasteiger partial charge < -0.3 is 10.2 Å². The molecule has 0 atom stereocenters. The predicted molar refractivity (Wildman–Crippen MR) is 71.7 cm³/mol. The van der Waals surface area contributed by atoms with Crippen LogP contribution in [0.15, 0.2) is 48.5 Å². The van der Waals surface area contributed by atoms with Crippen LogP contribution >= 0.6 is 0 Å². The first-order valence-electron chi connectivity index (χ1n) is 5.62. The molecule has 0 aromatic heterocycles. The lowest BCUT2D eigenvalue weighted by Gasteiger charge is -2.08. The SMILES string of the molecule is NNc1cc(COc2ccccc2)ccc1[N+](=O)[O-]. The van der Waals surface area contributed by atoms with E-state index in [1.165, 1.54) is 6.07 Å². The molecule has 2 rings (SSSR count). The number of nitrogen functional groups attached to an aromatic ring is 1. The normalized spacial score (nSPS) is 9.95. The van der Waals surface area contributed by atoms with Gasteiger partial charge in [0, 0.05) is 6.07 Å². The van der Waals surface area contributed by atoms with E-state index in [0.717, 1.165) is 11.3 Å². The van der Waals surface area contributed by atoms with Crippen molar-refractivity contribution in [2.24, 2.45) is 5.84 Å². The molecule has 0 saturated heterocycles. The van der Waals surface area contributed by atoms with Crippen molar-refractivity contribution in [1.29, 1.82) is 0 Å². The highest BCUT2D eigenvalue weighted by Crippen LogP contribution is 2.25. The first kappa shape index (κ1) is 12.8. The molecular weight excluding hydrogens is 246 g/mol. The number of nitro benzene ring substituents is 1. The second-order valence-electron chi connectivity index (χ2n) is 3.85. The van der Waals surface area contributed by atoms with Gasteiger partial charge in [-0.05, 0) is 29.8 Å². The molecule has 0 bridgehead atoms. The number of nitrogens with two attached hydrogens (primary N) is 1. The summed E-state index contributed by atoms with van der Waals surface area (Å²) in [5.41, 5.74) is 3.31. The molecule has 0 unspecified atom stereocenters. The average Bonchev–Trinajstić information content (AvgIpc) is 2.45. The number of nitro groups is 1. The van der Waals surface area contributed by atoms with Crippen LogP contribution in [0, 0.1) is 10.1 Å². The minimum absolute atomic E-state index is 0.0639. The fraction of sp³-hybridized carbons (Fsp3) is 0.0769. The standard InChI is InChI=1S/C13H13N3O3/c14-15-12-8-10(6-7-13(12)16(17)18)9-19-11-4-2-1-3-5-11/h1-8,15H,9,14H2. The van der Waals surface area contributed by atoms with E-state index in [4.69, 9.17) is 10.6 Å². The molecule has 0 aliphatic rings. The zero-order valence-electron chi connectivity index (χ0n) is 10.1. The Bertz CT molecular complexity index is 573. The number of benzene rings is 2. The molecule has 0 spiro atoms. The van der Waals surface area contributed by atoms with Gasteiger partial charge in [0.2, 0.25) is 0 Å². The molecule has 19 heavy (non-hydrogen) atoms. The Balaban J connectivity index is 2.11. The summed E-state index contributed by atoms with van der Waals surface area (Å²) >= 11 is 0. The maximum atomic E-state index is 10.8.